The molecule has 1 amide bonds. The molecule has 0 aliphatic carbocycles. The van der Waals surface area contributed by atoms with Crippen molar-refractivity contribution < 1.29 is 9.53 Å². The van der Waals surface area contributed by atoms with Gasteiger partial charge in [-0.2, -0.15) is 4.98 Å². The van der Waals surface area contributed by atoms with Crippen molar-refractivity contribution in [2.45, 2.75) is 0 Å². The van der Waals surface area contributed by atoms with E-state index in [0.717, 1.165) is 11.1 Å². The molecule has 2 N–H and O–H groups in total. The number of nitrogens with zero attached hydrogens (tertiary/aromatic N) is 2. The number of H-pyrrole nitrogens is 1. The summed E-state index contributed by atoms with van der Waals surface area (Å²) in [7, 11) is 1.46. The molecule has 2 aromatic heterocycles. The Morgan fingerprint density at radius 3 is 2.81 bits per heavy atom. The SMILES string of the molecule is COc1n[nH]c(NC(=O)c2sccc2-c2ccccc2)n1. The normalized spacial score (nSPS) is 10.3. The van der Waals surface area contributed by atoms with Gasteiger partial charge in [-0.3, -0.25) is 10.1 Å². The smallest absolute Gasteiger partial charge is 0.336 e. The van der Waals surface area contributed by atoms with Gasteiger partial charge >= 0.3 is 6.01 Å². The lowest BCUT2D eigenvalue weighted by Crippen LogP contribution is -2.12. The molecule has 0 unspecified atom stereocenters. The number of aromatic nitrogens is 3. The molecule has 0 radical (unpaired) electrons. The molecule has 3 rings (SSSR count). The first kappa shape index (κ1) is 13.3. The largest absolute Gasteiger partial charge is 0.466 e. The summed E-state index contributed by atoms with van der Waals surface area (Å²) in [6.45, 7) is 0. The average Bonchev–Trinajstić information content (AvgIpc) is 3.17. The molecule has 0 aliphatic rings. The van der Waals surface area contributed by atoms with Crippen LogP contribution in [0.3, 0.4) is 0 Å². The molecule has 0 spiro atoms. The number of rotatable bonds is 4. The van der Waals surface area contributed by atoms with Gasteiger partial charge in [-0.25, -0.2) is 5.10 Å². The van der Waals surface area contributed by atoms with Gasteiger partial charge in [0.15, 0.2) is 0 Å². The molecular formula is C14H12N4O2S. The fourth-order valence-electron chi connectivity index (χ4n) is 1.89. The summed E-state index contributed by atoms with van der Waals surface area (Å²) < 4.78 is 4.86. The standard InChI is InChI=1S/C14H12N4O2S/c1-20-14-16-13(17-18-14)15-12(19)11-10(7-8-21-11)9-5-3-2-4-6-9/h2-8H,1H3,(H2,15,16,17,18,19). The summed E-state index contributed by atoms with van der Waals surface area (Å²) in [5, 5.41) is 10.9. The third-order valence-corrected chi connectivity index (χ3v) is 3.75. The molecule has 1 aromatic carbocycles. The number of methoxy groups -OCH3 is 1. The summed E-state index contributed by atoms with van der Waals surface area (Å²) in [6.07, 6.45) is 0. The highest BCUT2D eigenvalue weighted by molar-refractivity contribution is 7.12. The minimum Gasteiger partial charge on any atom is -0.466 e. The van der Waals surface area contributed by atoms with Gasteiger partial charge in [-0.1, -0.05) is 30.3 Å². The monoisotopic (exact) mass is 300 g/mol. The first-order valence-electron chi connectivity index (χ1n) is 6.18. The van der Waals surface area contributed by atoms with Crippen molar-refractivity contribution in [2.24, 2.45) is 0 Å². The van der Waals surface area contributed by atoms with Crippen molar-refractivity contribution in [3.05, 3.63) is 46.7 Å². The van der Waals surface area contributed by atoms with Crippen LogP contribution in [0.2, 0.25) is 0 Å². The van der Waals surface area contributed by atoms with Crippen LogP contribution >= 0.6 is 11.3 Å². The number of ether oxygens (including phenoxy) is 1. The number of carbonyl (C=O) groups is 1. The zero-order valence-electron chi connectivity index (χ0n) is 11.2. The van der Waals surface area contributed by atoms with E-state index in [-0.39, 0.29) is 17.9 Å². The van der Waals surface area contributed by atoms with E-state index in [1.54, 1.807) is 0 Å². The van der Waals surface area contributed by atoms with Gasteiger partial charge in [0, 0.05) is 5.56 Å². The van der Waals surface area contributed by atoms with Crippen LogP contribution in [-0.2, 0) is 0 Å². The highest BCUT2D eigenvalue weighted by Crippen LogP contribution is 2.28. The van der Waals surface area contributed by atoms with Crippen molar-refractivity contribution >= 4 is 23.2 Å². The predicted molar refractivity (Wildman–Crippen MR) is 80.6 cm³/mol. The second-order valence-electron chi connectivity index (χ2n) is 4.15. The van der Waals surface area contributed by atoms with Gasteiger partial charge in [-0.05, 0) is 17.0 Å². The Bertz CT molecular complexity index is 751. The lowest BCUT2D eigenvalue weighted by Gasteiger charge is -2.03. The van der Waals surface area contributed by atoms with Crippen molar-refractivity contribution in [2.75, 3.05) is 12.4 Å². The Morgan fingerprint density at radius 1 is 1.29 bits per heavy atom. The Hall–Kier alpha value is -2.67. The molecule has 3 aromatic rings. The van der Waals surface area contributed by atoms with Crippen LogP contribution in [0.5, 0.6) is 6.01 Å². The van der Waals surface area contributed by atoms with Crippen LogP contribution < -0.4 is 10.1 Å². The number of hydrogen-bond donors (Lipinski definition) is 2. The van der Waals surface area contributed by atoms with Crippen LogP contribution in [0.25, 0.3) is 11.1 Å². The molecular weight excluding hydrogens is 288 g/mol. The number of benzene rings is 1. The summed E-state index contributed by atoms with van der Waals surface area (Å²) in [5.41, 5.74) is 1.89. The number of hydrogen-bond acceptors (Lipinski definition) is 5. The molecule has 0 saturated carbocycles. The van der Waals surface area contributed by atoms with Crippen LogP contribution in [0, 0.1) is 0 Å². The van der Waals surface area contributed by atoms with E-state index in [4.69, 9.17) is 4.74 Å². The van der Waals surface area contributed by atoms with Crippen molar-refractivity contribution in [3.8, 4) is 17.1 Å². The van der Waals surface area contributed by atoms with Gasteiger partial charge in [0.25, 0.3) is 5.91 Å². The van der Waals surface area contributed by atoms with E-state index in [9.17, 15) is 4.79 Å². The van der Waals surface area contributed by atoms with E-state index < -0.39 is 0 Å². The van der Waals surface area contributed by atoms with E-state index in [1.165, 1.54) is 18.4 Å². The second-order valence-corrected chi connectivity index (χ2v) is 5.07. The quantitative estimate of drug-likeness (QED) is 0.776. The Balaban J connectivity index is 1.84. The van der Waals surface area contributed by atoms with Gasteiger partial charge < -0.3 is 4.74 Å². The fourth-order valence-corrected chi connectivity index (χ4v) is 2.70. The van der Waals surface area contributed by atoms with Crippen LogP contribution in [0.15, 0.2) is 41.8 Å². The minimum absolute atomic E-state index is 0.180. The molecule has 2 heterocycles. The predicted octanol–water partition coefficient (Wildman–Crippen LogP) is 2.79. The summed E-state index contributed by atoms with van der Waals surface area (Å²) >= 11 is 1.38. The molecule has 7 heteroatoms. The summed E-state index contributed by atoms with van der Waals surface area (Å²) in [6, 6.07) is 11.9. The summed E-state index contributed by atoms with van der Waals surface area (Å²) in [4.78, 5) is 16.9. The van der Waals surface area contributed by atoms with Crippen LogP contribution in [0.1, 0.15) is 9.67 Å². The topological polar surface area (TPSA) is 79.9 Å². The first-order chi connectivity index (χ1) is 10.3. The molecule has 106 valence electrons. The van der Waals surface area contributed by atoms with E-state index in [1.807, 2.05) is 41.8 Å². The lowest BCUT2D eigenvalue weighted by atomic mass is 10.1. The lowest BCUT2D eigenvalue weighted by molar-refractivity contribution is 0.103. The van der Waals surface area contributed by atoms with E-state index >= 15 is 0 Å². The van der Waals surface area contributed by atoms with Gasteiger partial charge in [-0.15, -0.1) is 16.4 Å². The Morgan fingerprint density at radius 2 is 2.10 bits per heavy atom. The highest BCUT2D eigenvalue weighted by atomic mass is 32.1. The molecule has 0 saturated heterocycles. The third kappa shape index (κ3) is 2.77. The number of thiophene rings is 1. The first-order valence-corrected chi connectivity index (χ1v) is 7.06. The minimum atomic E-state index is -0.234. The molecule has 21 heavy (non-hydrogen) atoms. The van der Waals surface area contributed by atoms with Gasteiger partial charge in [0.1, 0.15) is 4.88 Å². The summed E-state index contributed by atoms with van der Waals surface area (Å²) in [5.74, 6) is 0.0203. The zero-order chi connectivity index (χ0) is 14.7. The van der Waals surface area contributed by atoms with Crippen molar-refractivity contribution in [3.63, 3.8) is 0 Å². The van der Waals surface area contributed by atoms with Gasteiger partial charge in [0.05, 0.1) is 7.11 Å². The van der Waals surface area contributed by atoms with Gasteiger partial charge in [0.2, 0.25) is 5.95 Å². The Kier molecular flexibility index (Phi) is 3.65. The average molecular weight is 300 g/mol. The van der Waals surface area contributed by atoms with Crippen molar-refractivity contribution in [1.29, 1.82) is 0 Å². The number of aromatic amines is 1. The number of anilines is 1. The maximum absolute atomic E-state index is 12.3. The molecule has 0 aliphatic heterocycles. The molecule has 0 fully saturated rings. The second kappa shape index (κ2) is 5.76. The van der Waals surface area contributed by atoms with Crippen LogP contribution in [0.4, 0.5) is 5.95 Å². The number of carbonyl (C=O) groups excluding carboxylic acids is 1. The maximum Gasteiger partial charge on any atom is 0.336 e. The van der Waals surface area contributed by atoms with E-state index in [2.05, 4.69) is 20.5 Å². The van der Waals surface area contributed by atoms with Crippen LogP contribution in [-0.4, -0.2) is 28.2 Å². The van der Waals surface area contributed by atoms with E-state index in [0.29, 0.717) is 4.88 Å². The number of nitrogens with one attached hydrogen (secondary N) is 2. The Labute approximate surface area is 124 Å². The molecule has 6 nitrogen and oxygen atoms in total. The van der Waals surface area contributed by atoms with Crippen molar-refractivity contribution in [1.82, 2.24) is 15.2 Å². The zero-order valence-corrected chi connectivity index (χ0v) is 12.0. The fraction of sp³-hybridized carbons (Fsp3) is 0.0714. The molecule has 0 atom stereocenters. The maximum atomic E-state index is 12.3. The third-order valence-electron chi connectivity index (χ3n) is 2.84. The highest BCUT2D eigenvalue weighted by Gasteiger charge is 2.16. The molecule has 0 bridgehead atoms. The number of amides is 1.